The summed E-state index contributed by atoms with van der Waals surface area (Å²) in [4.78, 5) is 10.0. The van der Waals surface area contributed by atoms with Gasteiger partial charge in [0.05, 0.1) is 12.6 Å². The molecule has 29 heavy (non-hydrogen) atoms. The van der Waals surface area contributed by atoms with Gasteiger partial charge in [-0.2, -0.15) is 0 Å². The maximum absolute atomic E-state index is 5.39. The number of benzene rings is 1. The topological polar surface area (TPSA) is 31.5 Å². The van der Waals surface area contributed by atoms with Crippen molar-refractivity contribution in [1.82, 2.24) is 14.8 Å². The molecule has 4 nitrogen and oxygen atoms in total. The van der Waals surface area contributed by atoms with Gasteiger partial charge in [-0.3, -0.25) is 4.90 Å². The number of methoxy groups -OCH3 is 1. The van der Waals surface area contributed by atoms with Crippen LogP contribution in [0.1, 0.15) is 36.1 Å². The van der Waals surface area contributed by atoms with E-state index in [9.17, 15) is 0 Å². The number of unbranched alkanes of at least 4 members (excludes halogenated alkanes) is 1. The number of aromatic amines is 1. The van der Waals surface area contributed by atoms with E-state index < -0.39 is 0 Å². The van der Waals surface area contributed by atoms with Gasteiger partial charge in [-0.05, 0) is 88.0 Å². The van der Waals surface area contributed by atoms with Crippen LogP contribution in [-0.2, 0) is 12.0 Å². The SMILES string of the molecule is COc1ccc2[nH]cc(CCCCN3CCC(c4cccs4)(N(C)C)CC3)c2c1. The molecular formula is C24H33N3OS. The first kappa shape index (κ1) is 20.5. The summed E-state index contributed by atoms with van der Waals surface area (Å²) >= 11 is 1.91. The standard InChI is InChI=1S/C24H33N3OS/c1-26(2)24(23-8-6-16-29-23)11-14-27(15-12-24)13-5-4-7-19-18-25-22-10-9-20(28-3)17-21(19)22/h6,8-10,16-18,25H,4-5,7,11-15H2,1-3H3. The van der Waals surface area contributed by atoms with Crippen LogP contribution in [-0.4, -0.2) is 55.6 Å². The van der Waals surface area contributed by atoms with Gasteiger partial charge >= 0.3 is 0 Å². The molecule has 1 aromatic carbocycles. The predicted octanol–water partition coefficient (Wildman–Crippen LogP) is 5.11. The lowest BCUT2D eigenvalue weighted by Gasteiger charge is -2.45. The van der Waals surface area contributed by atoms with Gasteiger partial charge < -0.3 is 14.6 Å². The molecule has 1 fully saturated rings. The van der Waals surface area contributed by atoms with Crippen molar-refractivity contribution in [1.29, 1.82) is 0 Å². The lowest BCUT2D eigenvalue weighted by molar-refractivity contribution is 0.0561. The van der Waals surface area contributed by atoms with E-state index in [1.807, 2.05) is 17.4 Å². The normalized spacial score (nSPS) is 17.2. The van der Waals surface area contributed by atoms with Crippen LogP contribution in [0, 0.1) is 0 Å². The molecule has 0 aliphatic carbocycles. The number of thiophene rings is 1. The minimum atomic E-state index is 0.230. The molecule has 0 spiro atoms. The Hall–Kier alpha value is -1.82. The van der Waals surface area contributed by atoms with E-state index in [1.54, 1.807) is 7.11 Å². The first-order valence-electron chi connectivity index (χ1n) is 10.7. The highest BCUT2D eigenvalue weighted by Crippen LogP contribution is 2.39. The Balaban J connectivity index is 1.27. The Morgan fingerprint density at radius 2 is 2.00 bits per heavy atom. The fourth-order valence-electron chi connectivity index (χ4n) is 4.75. The second-order valence-electron chi connectivity index (χ2n) is 8.43. The van der Waals surface area contributed by atoms with E-state index in [4.69, 9.17) is 4.74 Å². The molecule has 4 rings (SSSR count). The Morgan fingerprint density at radius 3 is 2.69 bits per heavy atom. The van der Waals surface area contributed by atoms with Gasteiger partial charge in [0.25, 0.3) is 0 Å². The highest BCUT2D eigenvalue weighted by Gasteiger charge is 2.38. The summed E-state index contributed by atoms with van der Waals surface area (Å²) < 4.78 is 5.39. The van der Waals surface area contributed by atoms with Gasteiger partial charge in [0, 0.05) is 35.1 Å². The number of aromatic nitrogens is 1. The fourth-order valence-corrected chi connectivity index (χ4v) is 5.81. The van der Waals surface area contributed by atoms with E-state index in [0.29, 0.717) is 0 Å². The summed E-state index contributed by atoms with van der Waals surface area (Å²) in [7, 11) is 6.21. The molecular weight excluding hydrogens is 378 g/mol. The van der Waals surface area contributed by atoms with Crippen molar-refractivity contribution in [2.24, 2.45) is 0 Å². The number of rotatable bonds is 8. The Morgan fingerprint density at radius 1 is 1.17 bits per heavy atom. The number of likely N-dealkylation sites (tertiary alicyclic amines) is 1. The highest BCUT2D eigenvalue weighted by atomic mass is 32.1. The summed E-state index contributed by atoms with van der Waals surface area (Å²) in [6.45, 7) is 3.60. The number of ether oxygens (including phenoxy) is 1. The zero-order valence-corrected chi connectivity index (χ0v) is 18.7. The zero-order valence-electron chi connectivity index (χ0n) is 17.9. The van der Waals surface area contributed by atoms with Crippen LogP contribution in [0.25, 0.3) is 10.9 Å². The van der Waals surface area contributed by atoms with Crippen molar-refractivity contribution in [3.8, 4) is 5.75 Å². The molecule has 3 heterocycles. The fraction of sp³-hybridized carbons (Fsp3) is 0.500. The molecule has 0 bridgehead atoms. The number of piperidine rings is 1. The summed E-state index contributed by atoms with van der Waals surface area (Å²) in [5.41, 5.74) is 2.83. The molecule has 0 atom stereocenters. The number of aryl methyl sites for hydroxylation is 1. The van der Waals surface area contributed by atoms with E-state index >= 15 is 0 Å². The third-order valence-electron chi connectivity index (χ3n) is 6.66. The van der Waals surface area contributed by atoms with Crippen LogP contribution < -0.4 is 4.74 Å². The summed E-state index contributed by atoms with van der Waals surface area (Å²) in [6, 6.07) is 10.8. The van der Waals surface area contributed by atoms with Crippen molar-refractivity contribution in [2.45, 2.75) is 37.6 Å². The van der Waals surface area contributed by atoms with Crippen molar-refractivity contribution in [3.05, 3.63) is 52.3 Å². The first-order valence-corrected chi connectivity index (χ1v) is 11.6. The van der Waals surface area contributed by atoms with Gasteiger partial charge in [0.2, 0.25) is 0 Å². The second-order valence-corrected chi connectivity index (χ2v) is 9.38. The van der Waals surface area contributed by atoms with Crippen molar-refractivity contribution in [2.75, 3.05) is 40.8 Å². The van der Waals surface area contributed by atoms with Crippen LogP contribution in [0.15, 0.2) is 41.9 Å². The summed E-state index contributed by atoms with van der Waals surface area (Å²) in [5, 5.41) is 3.52. The molecule has 1 N–H and O–H groups in total. The van der Waals surface area contributed by atoms with Crippen LogP contribution in [0.3, 0.4) is 0 Å². The number of hydrogen-bond acceptors (Lipinski definition) is 4. The molecule has 1 aliphatic heterocycles. The molecule has 1 saturated heterocycles. The molecule has 0 saturated carbocycles. The Labute approximate surface area is 178 Å². The molecule has 2 aromatic heterocycles. The molecule has 0 unspecified atom stereocenters. The van der Waals surface area contributed by atoms with Crippen molar-refractivity contribution >= 4 is 22.2 Å². The van der Waals surface area contributed by atoms with Gasteiger partial charge in [-0.15, -0.1) is 11.3 Å². The number of nitrogens with zero attached hydrogens (tertiary/aromatic N) is 2. The van der Waals surface area contributed by atoms with E-state index in [1.165, 1.54) is 66.7 Å². The quantitative estimate of drug-likeness (QED) is 0.523. The van der Waals surface area contributed by atoms with E-state index in [0.717, 1.165) is 12.2 Å². The molecule has 5 heteroatoms. The smallest absolute Gasteiger partial charge is 0.119 e. The minimum absolute atomic E-state index is 0.230. The van der Waals surface area contributed by atoms with E-state index in [-0.39, 0.29) is 5.54 Å². The largest absolute Gasteiger partial charge is 0.497 e. The average Bonchev–Trinajstić information content (AvgIpc) is 3.41. The lowest BCUT2D eigenvalue weighted by atomic mass is 9.84. The molecule has 0 radical (unpaired) electrons. The number of nitrogens with one attached hydrogen (secondary N) is 1. The van der Waals surface area contributed by atoms with Gasteiger partial charge in [-0.1, -0.05) is 6.07 Å². The first-order chi connectivity index (χ1) is 14.1. The van der Waals surface area contributed by atoms with Gasteiger partial charge in [0.1, 0.15) is 5.75 Å². The lowest BCUT2D eigenvalue weighted by Crippen LogP contribution is -2.50. The highest BCUT2D eigenvalue weighted by molar-refractivity contribution is 7.10. The maximum Gasteiger partial charge on any atom is 0.119 e. The third-order valence-corrected chi connectivity index (χ3v) is 7.73. The van der Waals surface area contributed by atoms with Crippen molar-refractivity contribution in [3.63, 3.8) is 0 Å². The van der Waals surface area contributed by atoms with Crippen LogP contribution in [0.5, 0.6) is 5.75 Å². The predicted molar refractivity (Wildman–Crippen MR) is 123 cm³/mol. The summed E-state index contributed by atoms with van der Waals surface area (Å²) in [5.74, 6) is 0.932. The van der Waals surface area contributed by atoms with Crippen LogP contribution in [0.2, 0.25) is 0 Å². The monoisotopic (exact) mass is 411 g/mol. The molecule has 0 amide bonds. The van der Waals surface area contributed by atoms with Gasteiger partial charge in [0.15, 0.2) is 0 Å². The Bertz CT molecular complexity index is 908. The zero-order chi connectivity index (χ0) is 20.3. The molecule has 1 aliphatic rings. The average molecular weight is 412 g/mol. The number of H-pyrrole nitrogens is 1. The van der Waals surface area contributed by atoms with Crippen LogP contribution >= 0.6 is 11.3 Å². The van der Waals surface area contributed by atoms with Gasteiger partial charge in [-0.25, -0.2) is 0 Å². The van der Waals surface area contributed by atoms with Crippen molar-refractivity contribution < 1.29 is 4.74 Å². The molecule has 3 aromatic rings. The van der Waals surface area contributed by atoms with Crippen LogP contribution in [0.4, 0.5) is 0 Å². The second kappa shape index (κ2) is 8.90. The molecule has 156 valence electrons. The van der Waals surface area contributed by atoms with E-state index in [2.05, 4.69) is 64.7 Å². The summed E-state index contributed by atoms with van der Waals surface area (Å²) in [6.07, 6.45) is 8.22. The Kier molecular flexibility index (Phi) is 6.28. The third kappa shape index (κ3) is 4.23. The number of hydrogen-bond donors (Lipinski definition) is 1. The maximum atomic E-state index is 5.39. The minimum Gasteiger partial charge on any atom is -0.497 e. The number of fused-ring (bicyclic) bond motifs is 1.